The molecule has 0 aliphatic carbocycles. The van der Waals surface area contributed by atoms with Crippen LogP contribution in [-0.4, -0.2) is 22.9 Å². The highest BCUT2D eigenvalue weighted by Crippen LogP contribution is 2.24. The molecule has 5 nitrogen and oxygen atoms in total. The van der Waals surface area contributed by atoms with E-state index in [9.17, 15) is 4.79 Å². The van der Waals surface area contributed by atoms with E-state index in [1.54, 1.807) is 47.1 Å². The highest BCUT2D eigenvalue weighted by atomic mass is 35.5. The van der Waals surface area contributed by atoms with Gasteiger partial charge in [0, 0.05) is 11.1 Å². The number of esters is 1. The van der Waals surface area contributed by atoms with Crippen LogP contribution in [0.5, 0.6) is 11.6 Å². The zero-order valence-corrected chi connectivity index (χ0v) is 14.7. The van der Waals surface area contributed by atoms with Gasteiger partial charge in [0.15, 0.2) is 0 Å². The van der Waals surface area contributed by atoms with Gasteiger partial charge in [0.25, 0.3) is 0 Å². The van der Waals surface area contributed by atoms with Crippen molar-refractivity contribution >= 4 is 17.6 Å². The Kier molecular flexibility index (Phi) is 5.05. The molecule has 0 radical (unpaired) electrons. The first-order valence-electron chi connectivity index (χ1n) is 7.82. The van der Waals surface area contributed by atoms with Crippen LogP contribution in [0.3, 0.4) is 0 Å². The molecule has 0 aliphatic rings. The lowest BCUT2D eigenvalue weighted by molar-refractivity contribution is 0.0719. The van der Waals surface area contributed by atoms with E-state index in [4.69, 9.17) is 21.1 Å². The van der Waals surface area contributed by atoms with Gasteiger partial charge in [-0.25, -0.2) is 9.48 Å². The molecule has 0 atom stereocenters. The van der Waals surface area contributed by atoms with E-state index in [1.807, 2.05) is 19.1 Å². The number of carbonyl (C=O) groups excluding carboxylic acids is 1. The molecule has 2 aromatic carbocycles. The Morgan fingerprint density at radius 3 is 2.56 bits per heavy atom. The van der Waals surface area contributed by atoms with Gasteiger partial charge in [-0.05, 0) is 42.8 Å². The normalized spacial score (nSPS) is 10.5. The zero-order valence-electron chi connectivity index (χ0n) is 13.9. The van der Waals surface area contributed by atoms with E-state index >= 15 is 0 Å². The molecular formula is C19H17ClN2O3. The van der Waals surface area contributed by atoms with Gasteiger partial charge in [-0.2, -0.15) is 5.10 Å². The average molecular weight is 357 g/mol. The quantitative estimate of drug-likeness (QED) is 0.639. The summed E-state index contributed by atoms with van der Waals surface area (Å²) in [5.41, 5.74) is 1.93. The maximum atomic E-state index is 12.6. The van der Waals surface area contributed by atoms with E-state index in [0.29, 0.717) is 22.2 Å². The molecule has 128 valence electrons. The van der Waals surface area contributed by atoms with E-state index in [-0.39, 0.29) is 0 Å². The molecule has 3 aromatic rings. The summed E-state index contributed by atoms with van der Waals surface area (Å²) in [6.07, 6.45) is 0.722. The van der Waals surface area contributed by atoms with Crippen LogP contribution in [-0.2, 0) is 6.42 Å². The van der Waals surface area contributed by atoms with Crippen LogP contribution in [0.4, 0.5) is 0 Å². The topological polar surface area (TPSA) is 53.4 Å². The molecule has 0 aliphatic heterocycles. The van der Waals surface area contributed by atoms with Gasteiger partial charge in [-0.15, -0.1) is 0 Å². The third kappa shape index (κ3) is 3.67. The van der Waals surface area contributed by atoms with Crippen LogP contribution in [0.1, 0.15) is 23.0 Å². The fraction of sp³-hybridized carbons (Fsp3) is 0.158. The maximum Gasteiger partial charge on any atom is 0.348 e. The number of ether oxygens (including phenoxy) is 2. The summed E-state index contributed by atoms with van der Waals surface area (Å²) >= 11 is 5.94. The van der Waals surface area contributed by atoms with Crippen molar-refractivity contribution in [2.75, 3.05) is 7.11 Å². The summed E-state index contributed by atoms with van der Waals surface area (Å²) in [6, 6.07) is 15.8. The van der Waals surface area contributed by atoms with Crippen molar-refractivity contribution in [3.05, 3.63) is 70.9 Å². The Labute approximate surface area is 150 Å². The highest BCUT2D eigenvalue weighted by molar-refractivity contribution is 6.30. The SMILES string of the molecule is CCc1cc(OC(=O)c2ccccc2OC)n(-c2ccc(Cl)cc2)n1. The van der Waals surface area contributed by atoms with Crippen LogP contribution < -0.4 is 9.47 Å². The fourth-order valence-corrected chi connectivity index (χ4v) is 2.51. The number of carbonyl (C=O) groups is 1. The van der Waals surface area contributed by atoms with Crippen molar-refractivity contribution in [3.63, 3.8) is 0 Å². The monoisotopic (exact) mass is 356 g/mol. The Morgan fingerprint density at radius 2 is 1.88 bits per heavy atom. The molecular weight excluding hydrogens is 340 g/mol. The van der Waals surface area contributed by atoms with Crippen molar-refractivity contribution in [2.45, 2.75) is 13.3 Å². The number of aromatic nitrogens is 2. The first-order valence-corrected chi connectivity index (χ1v) is 8.20. The van der Waals surface area contributed by atoms with Crippen molar-refractivity contribution in [1.29, 1.82) is 0 Å². The number of halogens is 1. The molecule has 6 heteroatoms. The van der Waals surface area contributed by atoms with Crippen molar-refractivity contribution < 1.29 is 14.3 Å². The number of hydrogen-bond donors (Lipinski definition) is 0. The van der Waals surface area contributed by atoms with Crippen LogP contribution in [0.2, 0.25) is 5.02 Å². The maximum absolute atomic E-state index is 12.6. The van der Waals surface area contributed by atoms with Gasteiger partial charge in [-0.1, -0.05) is 30.7 Å². The summed E-state index contributed by atoms with van der Waals surface area (Å²) in [6.45, 7) is 1.99. The van der Waals surface area contributed by atoms with Crippen LogP contribution >= 0.6 is 11.6 Å². The number of nitrogens with zero attached hydrogens (tertiary/aromatic N) is 2. The number of methoxy groups -OCH3 is 1. The molecule has 0 spiro atoms. The van der Waals surface area contributed by atoms with Crippen molar-refractivity contribution in [3.8, 4) is 17.3 Å². The first kappa shape index (κ1) is 17.0. The lowest BCUT2D eigenvalue weighted by Gasteiger charge is -2.10. The molecule has 0 saturated carbocycles. The smallest absolute Gasteiger partial charge is 0.348 e. The van der Waals surface area contributed by atoms with Crippen molar-refractivity contribution in [1.82, 2.24) is 9.78 Å². The van der Waals surface area contributed by atoms with E-state index in [1.165, 1.54) is 7.11 Å². The predicted molar refractivity (Wildman–Crippen MR) is 95.9 cm³/mol. The number of hydrogen-bond acceptors (Lipinski definition) is 4. The second-order valence-corrected chi connectivity index (χ2v) is 5.74. The number of aryl methyl sites for hydroxylation is 1. The molecule has 0 amide bonds. The van der Waals surface area contributed by atoms with Gasteiger partial charge >= 0.3 is 5.97 Å². The number of benzene rings is 2. The molecule has 0 bridgehead atoms. The molecule has 0 unspecified atom stereocenters. The Balaban J connectivity index is 1.95. The predicted octanol–water partition coefficient (Wildman–Crippen LogP) is 4.32. The van der Waals surface area contributed by atoms with Crippen LogP contribution in [0.25, 0.3) is 5.69 Å². The Morgan fingerprint density at radius 1 is 1.16 bits per heavy atom. The molecule has 0 fully saturated rings. The third-order valence-corrected chi connectivity index (χ3v) is 3.94. The summed E-state index contributed by atoms with van der Waals surface area (Å²) in [4.78, 5) is 12.6. The van der Waals surface area contributed by atoms with E-state index in [2.05, 4.69) is 5.10 Å². The second-order valence-electron chi connectivity index (χ2n) is 5.31. The highest BCUT2D eigenvalue weighted by Gasteiger charge is 2.18. The standard InChI is InChI=1S/C19H17ClN2O3/c1-3-14-12-18(22(21-14)15-10-8-13(20)9-11-15)25-19(23)16-6-4-5-7-17(16)24-2/h4-12H,3H2,1-2H3. The van der Waals surface area contributed by atoms with Crippen molar-refractivity contribution in [2.24, 2.45) is 0 Å². The Bertz CT molecular complexity index is 888. The molecule has 0 N–H and O–H groups in total. The molecule has 1 aromatic heterocycles. The molecule has 3 rings (SSSR count). The minimum Gasteiger partial charge on any atom is -0.496 e. The lowest BCUT2D eigenvalue weighted by Crippen LogP contribution is -2.12. The van der Waals surface area contributed by atoms with Gasteiger partial charge in [0.05, 0.1) is 18.5 Å². The molecule has 1 heterocycles. The lowest BCUT2D eigenvalue weighted by atomic mass is 10.2. The van der Waals surface area contributed by atoms with Gasteiger partial charge in [0.2, 0.25) is 5.88 Å². The zero-order chi connectivity index (χ0) is 17.8. The van der Waals surface area contributed by atoms with E-state index in [0.717, 1.165) is 17.8 Å². The minimum absolute atomic E-state index is 0.343. The first-order chi connectivity index (χ1) is 12.1. The summed E-state index contributed by atoms with van der Waals surface area (Å²) in [5.74, 6) is 0.297. The fourth-order valence-electron chi connectivity index (χ4n) is 2.39. The number of rotatable bonds is 5. The minimum atomic E-state index is -0.504. The third-order valence-electron chi connectivity index (χ3n) is 3.68. The second kappa shape index (κ2) is 7.40. The average Bonchev–Trinajstić information content (AvgIpc) is 3.05. The van der Waals surface area contributed by atoms with Gasteiger partial charge in [-0.3, -0.25) is 0 Å². The summed E-state index contributed by atoms with van der Waals surface area (Å²) in [7, 11) is 1.51. The largest absolute Gasteiger partial charge is 0.496 e. The van der Waals surface area contributed by atoms with Gasteiger partial charge in [0.1, 0.15) is 11.3 Å². The van der Waals surface area contributed by atoms with Crippen LogP contribution in [0.15, 0.2) is 54.6 Å². The van der Waals surface area contributed by atoms with Crippen LogP contribution in [0, 0.1) is 0 Å². The van der Waals surface area contributed by atoms with Gasteiger partial charge < -0.3 is 9.47 Å². The summed E-state index contributed by atoms with van der Waals surface area (Å²) in [5, 5.41) is 5.11. The Hall–Kier alpha value is -2.79. The molecule has 0 saturated heterocycles. The molecule has 25 heavy (non-hydrogen) atoms. The number of para-hydroxylation sites is 1. The summed E-state index contributed by atoms with van der Waals surface area (Å²) < 4.78 is 12.4. The van der Waals surface area contributed by atoms with E-state index < -0.39 is 5.97 Å².